The van der Waals surface area contributed by atoms with Crippen LogP contribution in [0, 0.1) is 11.6 Å². The minimum absolute atomic E-state index is 0.193. The third kappa shape index (κ3) is 5.49. The van der Waals surface area contributed by atoms with Crippen LogP contribution in [0.15, 0.2) is 23.1 Å². The molecule has 0 radical (unpaired) electrons. The molecule has 0 unspecified atom stereocenters. The van der Waals surface area contributed by atoms with Crippen molar-refractivity contribution in [2.45, 2.75) is 37.7 Å². The van der Waals surface area contributed by atoms with Gasteiger partial charge in [-0.1, -0.05) is 0 Å². The molecule has 0 N–H and O–H groups in total. The first-order valence-corrected chi connectivity index (χ1v) is 6.56. The molecule has 0 fully saturated rings. The van der Waals surface area contributed by atoms with Gasteiger partial charge in [-0.3, -0.25) is 4.79 Å². The van der Waals surface area contributed by atoms with Crippen LogP contribution in [0.1, 0.15) is 27.2 Å². The highest BCUT2D eigenvalue weighted by Crippen LogP contribution is 2.23. The van der Waals surface area contributed by atoms with Crippen molar-refractivity contribution in [2.75, 3.05) is 5.75 Å². The lowest BCUT2D eigenvalue weighted by molar-refractivity contribution is -0.154. The molecular weight excluding hydrogens is 258 g/mol. The molecule has 5 heteroatoms. The van der Waals surface area contributed by atoms with E-state index in [1.807, 2.05) is 0 Å². The molecule has 0 aromatic heterocycles. The van der Waals surface area contributed by atoms with Crippen molar-refractivity contribution in [2.24, 2.45) is 0 Å². The number of benzene rings is 1. The summed E-state index contributed by atoms with van der Waals surface area (Å²) in [4.78, 5) is 11.7. The minimum Gasteiger partial charge on any atom is -0.460 e. The second-order valence-corrected chi connectivity index (χ2v) is 5.90. The van der Waals surface area contributed by atoms with E-state index in [9.17, 15) is 13.6 Å². The topological polar surface area (TPSA) is 26.3 Å². The van der Waals surface area contributed by atoms with Crippen molar-refractivity contribution in [3.63, 3.8) is 0 Å². The van der Waals surface area contributed by atoms with Gasteiger partial charge in [0.1, 0.15) is 17.2 Å². The number of hydrogen-bond donors (Lipinski definition) is 0. The van der Waals surface area contributed by atoms with Gasteiger partial charge in [-0.2, -0.15) is 0 Å². The molecule has 0 saturated heterocycles. The number of ether oxygens (including phenoxy) is 1. The Morgan fingerprint density at radius 1 is 1.33 bits per heavy atom. The van der Waals surface area contributed by atoms with Gasteiger partial charge in [0.15, 0.2) is 0 Å². The summed E-state index contributed by atoms with van der Waals surface area (Å²) in [5.41, 5.74) is -0.511. The van der Waals surface area contributed by atoms with Gasteiger partial charge in [0.25, 0.3) is 0 Å². The highest BCUT2D eigenvalue weighted by molar-refractivity contribution is 7.99. The SMILES string of the molecule is CC(C)(C)OC(=O)CCSc1ccc(F)cc1F. The van der Waals surface area contributed by atoms with E-state index in [0.717, 1.165) is 6.07 Å². The lowest BCUT2D eigenvalue weighted by Gasteiger charge is -2.19. The fourth-order valence-corrected chi connectivity index (χ4v) is 2.08. The van der Waals surface area contributed by atoms with Crippen LogP contribution in [0.3, 0.4) is 0 Å². The number of rotatable bonds is 4. The van der Waals surface area contributed by atoms with E-state index in [-0.39, 0.29) is 12.4 Å². The zero-order valence-corrected chi connectivity index (χ0v) is 11.4. The molecule has 0 atom stereocenters. The maximum absolute atomic E-state index is 13.3. The molecule has 0 aliphatic carbocycles. The van der Waals surface area contributed by atoms with Crippen molar-refractivity contribution in [1.29, 1.82) is 0 Å². The molecule has 0 spiro atoms. The summed E-state index contributed by atoms with van der Waals surface area (Å²) in [6, 6.07) is 3.39. The molecule has 0 aliphatic heterocycles. The summed E-state index contributed by atoms with van der Waals surface area (Å²) in [7, 11) is 0. The molecule has 1 aromatic carbocycles. The van der Waals surface area contributed by atoms with Gasteiger partial charge in [0, 0.05) is 16.7 Å². The summed E-state index contributed by atoms with van der Waals surface area (Å²) in [6.45, 7) is 5.37. The predicted octanol–water partition coefficient (Wildman–Crippen LogP) is 3.79. The highest BCUT2D eigenvalue weighted by atomic mass is 32.2. The van der Waals surface area contributed by atoms with Crippen LogP contribution in [0.4, 0.5) is 8.78 Å². The van der Waals surface area contributed by atoms with Gasteiger partial charge >= 0.3 is 5.97 Å². The standard InChI is InChI=1S/C13H16F2O2S/c1-13(2,3)17-12(16)6-7-18-11-5-4-9(14)8-10(11)15/h4-5,8H,6-7H2,1-3H3. The Hall–Kier alpha value is -1.10. The van der Waals surface area contributed by atoms with Gasteiger partial charge in [-0.05, 0) is 32.9 Å². The maximum atomic E-state index is 13.3. The summed E-state index contributed by atoms with van der Waals surface area (Å²) in [5, 5.41) is 0. The minimum atomic E-state index is -0.607. The number of esters is 1. The Kier molecular flexibility index (Phi) is 5.14. The predicted molar refractivity (Wildman–Crippen MR) is 67.5 cm³/mol. The van der Waals surface area contributed by atoms with E-state index in [0.29, 0.717) is 10.6 Å². The Labute approximate surface area is 110 Å². The smallest absolute Gasteiger partial charge is 0.307 e. The molecule has 0 bridgehead atoms. The average Bonchev–Trinajstić information content (AvgIpc) is 2.18. The van der Waals surface area contributed by atoms with Crippen molar-refractivity contribution < 1.29 is 18.3 Å². The molecular formula is C13H16F2O2S. The summed E-state index contributed by atoms with van der Waals surface area (Å²) >= 11 is 1.17. The van der Waals surface area contributed by atoms with E-state index in [1.54, 1.807) is 20.8 Å². The zero-order valence-electron chi connectivity index (χ0n) is 10.6. The Balaban J connectivity index is 2.40. The fraction of sp³-hybridized carbons (Fsp3) is 0.462. The van der Waals surface area contributed by atoms with Crippen LogP contribution in [-0.2, 0) is 9.53 Å². The van der Waals surface area contributed by atoms with E-state index < -0.39 is 17.2 Å². The lowest BCUT2D eigenvalue weighted by atomic mass is 10.2. The Bertz CT molecular complexity index is 427. The van der Waals surface area contributed by atoms with Crippen molar-refractivity contribution in [1.82, 2.24) is 0 Å². The number of halogens is 2. The van der Waals surface area contributed by atoms with E-state index >= 15 is 0 Å². The largest absolute Gasteiger partial charge is 0.460 e. The van der Waals surface area contributed by atoms with Crippen LogP contribution in [0.25, 0.3) is 0 Å². The van der Waals surface area contributed by atoms with Crippen molar-refractivity contribution in [3.05, 3.63) is 29.8 Å². The summed E-state index contributed by atoms with van der Waals surface area (Å²) < 4.78 is 31.0. The second kappa shape index (κ2) is 6.18. The van der Waals surface area contributed by atoms with Crippen molar-refractivity contribution in [3.8, 4) is 0 Å². The zero-order chi connectivity index (χ0) is 13.8. The number of carbonyl (C=O) groups is 1. The van der Waals surface area contributed by atoms with Gasteiger partial charge in [-0.15, -0.1) is 11.8 Å². The number of thioether (sulfide) groups is 1. The molecule has 1 rings (SSSR count). The van der Waals surface area contributed by atoms with Crippen LogP contribution in [0.5, 0.6) is 0 Å². The number of hydrogen-bond acceptors (Lipinski definition) is 3. The van der Waals surface area contributed by atoms with E-state index in [4.69, 9.17) is 4.74 Å². The first kappa shape index (κ1) is 15.0. The molecule has 2 nitrogen and oxygen atoms in total. The molecule has 100 valence electrons. The molecule has 0 saturated carbocycles. The second-order valence-electron chi connectivity index (χ2n) is 4.76. The highest BCUT2D eigenvalue weighted by Gasteiger charge is 2.16. The van der Waals surface area contributed by atoms with Gasteiger partial charge in [-0.25, -0.2) is 8.78 Å². The third-order valence-corrected chi connectivity index (χ3v) is 2.93. The fourth-order valence-electron chi connectivity index (χ4n) is 1.23. The van der Waals surface area contributed by atoms with Crippen LogP contribution < -0.4 is 0 Å². The maximum Gasteiger partial charge on any atom is 0.307 e. The van der Waals surface area contributed by atoms with E-state index in [1.165, 1.54) is 23.9 Å². The molecule has 1 aromatic rings. The lowest BCUT2D eigenvalue weighted by Crippen LogP contribution is -2.24. The summed E-state index contributed by atoms with van der Waals surface area (Å²) in [5.74, 6) is -1.14. The van der Waals surface area contributed by atoms with Gasteiger partial charge in [0.2, 0.25) is 0 Å². The monoisotopic (exact) mass is 274 g/mol. The first-order valence-electron chi connectivity index (χ1n) is 5.57. The first-order chi connectivity index (χ1) is 8.28. The third-order valence-electron chi connectivity index (χ3n) is 1.88. The quantitative estimate of drug-likeness (QED) is 0.617. The molecule has 0 amide bonds. The normalized spacial score (nSPS) is 11.4. The Morgan fingerprint density at radius 3 is 2.56 bits per heavy atom. The van der Waals surface area contributed by atoms with Crippen LogP contribution in [-0.4, -0.2) is 17.3 Å². The van der Waals surface area contributed by atoms with Gasteiger partial charge < -0.3 is 4.74 Å². The molecule has 0 heterocycles. The van der Waals surface area contributed by atoms with E-state index in [2.05, 4.69) is 0 Å². The average molecular weight is 274 g/mol. The van der Waals surface area contributed by atoms with Crippen molar-refractivity contribution >= 4 is 17.7 Å². The Morgan fingerprint density at radius 2 is 2.00 bits per heavy atom. The summed E-state index contributed by atoms with van der Waals surface area (Å²) in [6.07, 6.45) is 0.193. The van der Waals surface area contributed by atoms with Gasteiger partial charge in [0.05, 0.1) is 6.42 Å². The molecule has 0 aliphatic rings. The molecule has 18 heavy (non-hydrogen) atoms. The van der Waals surface area contributed by atoms with Crippen LogP contribution >= 0.6 is 11.8 Å². The van der Waals surface area contributed by atoms with Crippen LogP contribution in [0.2, 0.25) is 0 Å². The number of carbonyl (C=O) groups excluding carboxylic acids is 1.